The van der Waals surface area contributed by atoms with Crippen LogP contribution in [-0.2, 0) is 0 Å². The minimum atomic E-state index is 0. The minimum Gasteiger partial charge on any atom is -0.333 e. The largest absolute Gasteiger partial charge is 0.333 e. The first-order valence-corrected chi connectivity index (χ1v) is 9.24. The number of hydrogen-bond acceptors (Lipinski definition) is 16. The fraction of sp³-hybridized carbons (Fsp3) is 1.00. The van der Waals surface area contributed by atoms with Gasteiger partial charge in [0.1, 0.15) is 0 Å². The second-order valence-corrected chi connectivity index (χ2v) is 0. The number of nitrogens with two attached hydrogens (primary N) is 16. The molecular weight excluding hydrogens is 428 g/mol. The molecule has 0 fully saturated rings. The summed E-state index contributed by atoms with van der Waals surface area (Å²) in [6.45, 7) is 0. The van der Waals surface area contributed by atoms with Crippen molar-refractivity contribution in [3.63, 3.8) is 0 Å². The van der Waals surface area contributed by atoms with Crippen molar-refractivity contribution in [2.75, 3.05) is 113 Å². The zero-order chi connectivity index (χ0) is 32.0. The molecule has 0 saturated heterocycles. The van der Waals surface area contributed by atoms with Gasteiger partial charge in [0, 0.05) is 0 Å². The Kier molecular flexibility index (Phi) is 288000. The molecule has 0 rings (SSSR count). The lowest BCUT2D eigenvalue weighted by Gasteiger charge is -1.19. The summed E-state index contributed by atoms with van der Waals surface area (Å²) < 4.78 is 0. The van der Waals surface area contributed by atoms with E-state index in [2.05, 4.69) is 91.7 Å². The molecule has 0 spiro atoms. The van der Waals surface area contributed by atoms with Crippen LogP contribution >= 0.6 is 0 Å². The molecule has 16 heteroatoms. The molecule has 33 heavy (non-hydrogen) atoms. The second kappa shape index (κ2) is 70600. The maximum absolute atomic E-state index is 4.50. The van der Waals surface area contributed by atoms with Gasteiger partial charge in [0.25, 0.3) is 0 Å². The van der Waals surface area contributed by atoms with Crippen molar-refractivity contribution in [2.45, 2.75) is 7.43 Å². The van der Waals surface area contributed by atoms with E-state index in [1.165, 1.54) is 113 Å². The predicted molar refractivity (Wildman–Crippen MR) is 169 cm³/mol. The lowest BCUT2D eigenvalue weighted by molar-refractivity contribution is 1.48. The van der Waals surface area contributed by atoms with Crippen molar-refractivity contribution in [1.29, 1.82) is 0 Å². The molecule has 0 amide bonds. The molecule has 0 bridgehead atoms. The van der Waals surface area contributed by atoms with Crippen molar-refractivity contribution in [1.82, 2.24) is 0 Å². The summed E-state index contributed by atoms with van der Waals surface area (Å²) in [5, 5.41) is 0. The molecule has 32 N–H and O–H groups in total. The van der Waals surface area contributed by atoms with Gasteiger partial charge in [-0.1, -0.05) is 7.43 Å². The van der Waals surface area contributed by atoms with Crippen LogP contribution in [-0.4, -0.2) is 113 Å². The summed E-state index contributed by atoms with van der Waals surface area (Å²) in [7, 11) is 24.0. The quantitative estimate of drug-likeness (QED) is 0.143. The van der Waals surface area contributed by atoms with Crippen LogP contribution in [0.2, 0.25) is 0 Å². The van der Waals surface area contributed by atoms with E-state index >= 15 is 0 Å². The Morgan fingerprint density at radius 2 is 0.121 bits per heavy atom. The number of rotatable bonds is 0. The second-order valence-electron chi connectivity index (χ2n) is 0. The molecule has 0 aromatic rings. The summed E-state index contributed by atoms with van der Waals surface area (Å²) in [6, 6.07) is 0. The van der Waals surface area contributed by atoms with Crippen LogP contribution in [0.3, 0.4) is 0 Å². The molecule has 0 saturated carbocycles. The van der Waals surface area contributed by atoms with E-state index in [4.69, 9.17) is 0 Å². The first kappa shape index (κ1) is 135. The van der Waals surface area contributed by atoms with Crippen molar-refractivity contribution in [2.24, 2.45) is 91.7 Å². The summed E-state index contributed by atoms with van der Waals surface area (Å²) in [6.07, 6.45) is 0. The van der Waals surface area contributed by atoms with Crippen LogP contribution in [0.5, 0.6) is 0 Å². The Hall–Kier alpha value is -0.640. The van der Waals surface area contributed by atoms with Gasteiger partial charge >= 0.3 is 0 Å². The van der Waals surface area contributed by atoms with Gasteiger partial charge in [-0.3, -0.25) is 0 Å². The Balaban J connectivity index is -0.00000000551. The van der Waals surface area contributed by atoms with Crippen molar-refractivity contribution in [3.05, 3.63) is 0 Å². The highest BCUT2D eigenvalue weighted by Crippen LogP contribution is 0.498. The van der Waals surface area contributed by atoms with E-state index in [0.717, 1.165) is 0 Å². The van der Waals surface area contributed by atoms with Crippen LogP contribution in [0.4, 0.5) is 0 Å². The highest BCUT2D eigenvalue weighted by atomic mass is 14.4. The van der Waals surface area contributed by atoms with E-state index in [-0.39, 0.29) is 7.43 Å². The summed E-state index contributed by atoms with van der Waals surface area (Å²) >= 11 is 0. The first-order chi connectivity index (χ1) is 16.0. The molecule has 0 aliphatic rings. The zero-order valence-electron chi connectivity index (χ0n) is 25.2. The van der Waals surface area contributed by atoms with E-state index in [1.807, 2.05) is 0 Å². The van der Waals surface area contributed by atoms with Crippen LogP contribution in [0.25, 0.3) is 0 Å². The number of hydrogen-bond donors (Lipinski definition) is 16. The normalized spacial score (nSPS) is 2.91. The summed E-state index contributed by atoms with van der Waals surface area (Å²) in [5.74, 6) is 0. The molecule has 0 unspecified atom stereocenters. The highest BCUT2D eigenvalue weighted by Gasteiger charge is 0.866. The van der Waals surface area contributed by atoms with Gasteiger partial charge in [0.2, 0.25) is 0 Å². The van der Waals surface area contributed by atoms with Gasteiger partial charge in [0.05, 0.1) is 0 Å². The lowest BCUT2D eigenvalue weighted by atomic mass is 11.6. The van der Waals surface area contributed by atoms with Crippen LogP contribution < -0.4 is 91.7 Å². The van der Waals surface area contributed by atoms with Gasteiger partial charge in [-0.25, -0.2) is 0 Å². The minimum absolute atomic E-state index is 0. The maximum atomic E-state index is 4.50. The van der Waals surface area contributed by atoms with E-state index in [9.17, 15) is 0 Å². The Labute approximate surface area is 212 Å². The predicted octanol–water partition coefficient (Wildman–Crippen LogP) is -6.17. The van der Waals surface area contributed by atoms with Gasteiger partial charge in [-0.15, -0.1) is 0 Å². The maximum Gasteiger partial charge on any atom is -0.0195 e. The molecule has 0 atom stereocenters. The standard InChI is InChI=1S/16CH5N.CH4/c16*1-2;/h16*2H2,1H3;1H4. The third-order valence-electron chi connectivity index (χ3n) is 0. The van der Waals surface area contributed by atoms with E-state index in [1.54, 1.807) is 0 Å². The third kappa shape index (κ3) is 66000. The summed E-state index contributed by atoms with van der Waals surface area (Å²) in [4.78, 5) is 0. The summed E-state index contributed by atoms with van der Waals surface area (Å²) in [5.41, 5.74) is 72.0. The SMILES string of the molecule is C.CN.CN.CN.CN.CN.CN.CN.CN.CN.CN.CN.CN.CN.CN.CN.CN. The molecule has 0 radical (unpaired) electrons. The Morgan fingerprint density at radius 3 is 0.121 bits per heavy atom. The van der Waals surface area contributed by atoms with Crippen molar-refractivity contribution in [3.8, 4) is 0 Å². The lowest BCUT2D eigenvalue weighted by Crippen LogP contribution is -1.69. The van der Waals surface area contributed by atoms with Crippen molar-refractivity contribution >= 4 is 0 Å². The molecule has 0 aromatic carbocycles. The van der Waals surface area contributed by atoms with Gasteiger partial charge < -0.3 is 91.7 Å². The highest BCUT2D eigenvalue weighted by molar-refractivity contribution is 3.57. The van der Waals surface area contributed by atoms with Gasteiger partial charge in [0.15, 0.2) is 0 Å². The fourth-order valence-electron chi connectivity index (χ4n) is 0. The average molecular weight is 513 g/mol. The molecular formula is C17H84N16. The monoisotopic (exact) mass is 513 g/mol. The van der Waals surface area contributed by atoms with Gasteiger partial charge in [-0.2, -0.15) is 0 Å². The Bertz CT molecular complexity index is 33.0. The first-order valence-electron chi connectivity index (χ1n) is 9.24. The smallest absolute Gasteiger partial charge is 0.0195 e. The molecule has 0 heterocycles. The van der Waals surface area contributed by atoms with Crippen LogP contribution in [0.1, 0.15) is 7.43 Å². The molecule has 0 aromatic heterocycles. The van der Waals surface area contributed by atoms with Gasteiger partial charge in [-0.05, 0) is 113 Å². The fourth-order valence-corrected chi connectivity index (χ4v) is 0. The van der Waals surface area contributed by atoms with Crippen molar-refractivity contribution < 1.29 is 0 Å². The van der Waals surface area contributed by atoms with Crippen LogP contribution in [0, 0.1) is 0 Å². The molecule has 0 aliphatic heterocycles. The average Bonchev–Trinajstić information content (AvgIpc) is 3.05. The van der Waals surface area contributed by atoms with E-state index in [0.29, 0.717) is 0 Å². The van der Waals surface area contributed by atoms with Crippen LogP contribution in [0.15, 0.2) is 0 Å². The van der Waals surface area contributed by atoms with E-state index < -0.39 is 0 Å². The topological polar surface area (TPSA) is 416 Å². The zero-order valence-corrected chi connectivity index (χ0v) is 25.2. The Morgan fingerprint density at radius 1 is 0.121 bits per heavy atom. The third-order valence-corrected chi connectivity index (χ3v) is 0. The molecule has 232 valence electrons. The molecule has 16 nitrogen and oxygen atoms in total. The molecule has 0 aliphatic carbocycles.